The maximum Gasteiger partial charge on any atom is 0.235 e. The van der Waals surface area contributed by atoms with E-state index in [0.717, 1.165) is 33.2 Å². The lowest BCUT2D eigenvalue weighted by molar-refractivity contribution is -0.133. The fourth-order valence-corrected chi connectivity index (χ4v) is 4.51. The molecule has 1 aromatic heterocycles. The van der Waals surface area contributed by atoms with Gasteiger partial charge in [-0.1, -0.05) is 96.5 Å². The molecule has 5 aromatic rings. The number of amides is 1. The highest BCUT2D eigenvalue weighted by atomic mass is 35.5. The fourth-order valence-electron chi connectivity index (χ4n) is 4.39. The summed E-state index contributed by atoms with van der Waals surface area (Å²) < 4.78 is 0. The smallest absolute Gasteiger partial charge is 0.235 e. The summed E-state index contributed by atoms with van der Waals surface area (Å²) in [5.74, 6) is -0.317. The Morgan fingerprint density at radius 3 is 1.97 bits per heavy atom. The van der Waals surface area contributed by atoms with Gasteiger partial charge in [-0.05, 0) is 51.9 Å². The number of carbonyl (C=O) groups excluding carboxylic acids is 1. The van der Waals surface area contributed by atoms with Gasteiger partial charge in [0.25, 0.3) is 0 Å². The van der Waals surface area contributed by atoms with Crippen LogP contribution in [0.2, 0.25) is 5.02 Å². The van der Waals surface area contributed by atoms with Crippen LogP contribution in [-0.4, -0.2) is 15.8 Å². The van der Waals surface area contributed by atoms with Crippen molar-refractivity contribution in [3.63, 3.8) is 0 Å². The number of rotatable bonds is 7. The molecular weight excluding hydrogens is 440 g/mol. The van der Waals surface area contributed by atoms with Crippen molar-refractivity contribution in [2.45, 2.75) is 19.0 Å². The molecule has 0 fully saturated rings. The number of H-pyrrole nitrogens is 1. The lowest BCUT2D eigenvalue weighted by Gasteiger charge is -2.28. The molecule has 5 rings (SSSR count). The van der Waals surface area contributed by atoms with Gasteiger partial charge in [-0.3, -0.25) is 4.79 Å². The summed E-state index contributed by atoms with van der Waals surface area (Å²) in [5, 5.41) is 1.84. The van der Waals surface area contributed by atoms with Crippen LogP contribution in [0.4, 0.5) is 0 Å². The number of carbonyl (C=O) groups is 1. The maximum absolute atomic E-state index is 14.2. The van der Waals surface area contributed by atoms with Crippen molar-refractivity contribution in [3.8, 4) is 0 Å². The first kappa shape index (κ1) is 22.0. The topological polar surface area (TPSA) is 36.1 Å². The van der Waals surface area contributed by atoms with Crippen molar-refractivity contribution >= 4 is 28.4 Å². The number of fused-ring (bicyclic) bond motifs is 1. The number of hydrogen-bond donors (Lipinski definition) is 1. The predicted molar refractivity (Wildman–Crippen MR) is 139 cm³/mol. The highest BCUT2D eigenvalue weighted by molar-refractivity contribution is 6.30. The number of halogens is 1. The third kappa shape index (κ3) is 4.90. The fraction of sp³-hybridized carbons (Fsp3) is 0.100. The van der Waals surface area contributed by atoms with Crippen LogP contribution in [0.3, 0.4) is 0 Å². The first-order valence-corrected chi connectivity index (χ1v) is 11.7. The molecule has 0 radical (unpaired) electrons. The van der Waals surface area contributed by atoms with Gasteiger partial charge in [-0.15, -0.1) is 0 Å². The highest BCUT2D eigenvalue weighted by Crippen LogP contribution is 2.29. The van der Waals surface area contributed by atoms with E-state index in [1.54, 1.807) is 0 Å². The van der Waals surface area contributed by atoms with Crippen molar-refractivity contribution in [1.29, 1.82) is 0 Å². The zero-order valence-electron chi connectivity index (χ0n) is 18.7. The predicted octanol–water partition coefficient (Wildman–Crippen LogP) is 7.18. The molecule has 0 unspecified atom stereocenters. The second kappa shape index (κ2) is 9.98. The molecule has 0 atom stereocenters. The van der Waals surface area contributed by atoms with Crippen LogP contribution in [0, 0.1) is 0 Å². The monoisotopic (exact) mass is 464 g/mol. The molecule has 0 aliphatic heterocycles. The van der Waals surface area contributed by atoms with E-state index in [1.807, 2.05) is 96.0 Å². The van der Waals surface area contributed by atoms with Gasteiger partial charge in [0.05, 0.1) is 5.92 Å². The Morgan fingerprint density at radius 1 is 0.735 bits per heavy atom. The average molecular weight is 465 g/mol. The van der Waals surface area contributed by atoms with E-state index in [-0.39, 0.29) is 11.8 Å². The van der Waals surface area contributed by atoms with Gasteiger partial charge in [0.2, 0.25) is 5.91 Å². The Morgan fingerprint density at radius 2 is 1.32 bits per heavy atom. The minimum atomic E-state index is -0.385. The number of hydrogen-bond acceptors (Lipinski definition) is 1. The van der Waals surface area contributed by atoms with Gasteiger partial charge in [0.15, 0.2) is 0 Å². The van der Waals surface area contributed by atoms with Crippen LogP contribution in [0.5, 0.6) is 0 Å². The second-order valence-corrected chi connectivity index (χ2v) is 8.91. The maximum atomic E-state index is 14.2. The quantitative estimate of drug-likeness (QED) is 0.272. The molecule has 1 heterocycles. The lowest BCUT2D eigenvalue weighted by atomic mass is 9.89. The second-order valence-electron chi connectivity index (χ2n) is 8.47. The molecule has 1 N–H and O–H groups in total. The third-order valence-electron chi connectivity index (χ3n) is 6.10. The lowest BCUT2D eigenvalue weighted by Crippen LogP contribution is -2.35. The standard InChI is InChI=1S/C30H25ClN2O/c31-27-15-12-22(13-16-27)20-33(21-23-11-14-24-17-18-32-28(24)19-23)30(34)29(25-7-3-1-4-8-25)26-9-5-2-6-10-26/h1-19,29,32H,20-21H2. The number of aromatic amines is 1. The van der Waals surface area contributed by atoms with E-state index in [4.69, 9.17) is 11.6 Å². The normalized spacial score (nSPS) is 11.1. The molecule has 4 aromatic carbocycles. The molecule has 168 valence electrons. The van der Waals surface area contributed by atoms with Crippen molar-refractivity contribution in [3.05, 3.63) is 143 Å². The number of nitrogens with one attached hydrogen (secondary N) is 1. The Bertz CT molecular complexity index is 1340. The van der Waals surface area contributed by atoms with Crippen molar-refractivity contribution in [2.24, 2.45) is 0 Å². The molecule has 1 amide bonds. The van der Waals surface area contributed by atoms with Crippen molar-refractivity contribution in [1.82, 2.24) is 9.88 Å². The summed E-state index contributed by atoms with van der Waals surface area (Å²) in [6.07, 6.45) is 1.94. The molecule has 4 heteroatoms. The van der Waals surface area contributed by atoms with Gasteiger partial charge in [-0.2, -0.15) is 0 Å². The van der Waals surface area contributed by atoms with Gasteiger partial charge in [0.1, 0.15) is 0 Å². The Labute approximate surface area is 204 Å². The zero-order chi connectivity index (χ0) is 23.3. The SMILES string of the molecule is O=C(C(c1ccccc1)c1ccccc1)N(Cc1ccc(Cl)cc1)Cc1ccc2cc[nH]c2c1. The summed E-state index contributed by atoms with van der Waals surface area (Å²) in [7, 11) is 0. The highest BCUT2D eigenvalue weighted by Gasteiger charge is 2.28. The van der Waals surface area contributed by atoms with E-state index < -0.39 is 0 Å². The minimum absolute atomic E-state index is 0.0685. The Hall–Kier alpha value is -3.82. The molecule has 0 spiro atoms. The first-order valence-electron chi connectivity index (χ1n) is 11.4. The van der Waals surface area contributed by atoms with Crippen LogP contribution in [-0.2, 0) is 17.9 Å². The molecule has 0 saturated carbocycles. The average Bonchev–Trinajstić information content (AvgIpc) is 3.34. The summed E-state index contributed by atoms with van der Waals surface area (Å²) in [4.78, 5) is 19.4. The van der Waals surface area contributed by atoms with E-state index in [9.17, 15) is 4.79 Å². The van der Waals surface area contributed by atoms with Crippen LogP contribution in [0.15, 0.2) is 115 Å². The number of benzene rings is 4. The zero-order valence-corrected chi connectivity index (χ0v) is 19.5. The van der Waals surface area contributed by atoms with Gasteiger partial charge < -0.3 is 9.88 Å². The van der Waals surface area contributed by atoms with Crippen LogP contribution >= 0.6 is 11.6 Å². The van der Waals surface area contributed by atoms with Gasteiger partial charge >= 0.3 is 0 Å². The van der Waals surface area contributed by atoms with Gasteiger partial charge in [-0.25, -0.2) is 0 Å². The van der Waals surface area contributed by atoms with Crippen molar-refractivity contribution in [2.75, 3.05) is 0 Å². The summed E-state index contributed by atoms with van der Waals surface area (Å²) in [5.41, 5.74) is 5.16. The molecule has 0 bridgehead atoms. The minimum Gasteiger partial charge on any atom is -0.361 e. The summed E-state index contributed by atoms with van der Waals surface area (Å²) >= 11 is 6.11. The van der Waals surface area contributed by atoms with Gasteiger partial charge in [0, 0.05) is 29.8 Å². The largest absolute Gasteiger partial charge is 0.361 e. The molecule has 0 aliphatic carbocycles. The summed E-state index contributed by atoms with van der Waals surface area (Å²) in [6.45, 7) is 1.00. The van der Waals surface area contributed by atoms with E-state index in [2.05, 4.69) is 29.2 Å². The van der Waals surface area contributed by atoms with E-state index in [1.165, 1.54) is 0 Å². The van der Waals surface area contributed by atoms with Crippen LogP contribution < -0.4 is 0 Å². The van der Waals surface area contributed by atoms with Crippen molar-refractivity contribution < 1.29 is 4.79 Å². The number of aromatic nitrogens is 1. The first-order chi connectivity index (χ1) is 16.7. The molecule has 34 heavy (non-hydrogen) atoms. The van der Waals surface area contributed by atoms with E-state index in [0.29, 0.717) is 18.1 Å². The molecule has 3 nitrogen and oxygen atoms in total. The van der Waals surface area contributed by atoms with Crippen LogP contribution in [0.1, 0.15) is 28.2 Å². The molecular formula is C30H25ClN2O. The summed E-state index contributed by atoms with van der Waals surface area (Å²) in [6, 6.07) is 36.1. The van der Waals surface area contributed by atoms with Crippen LogP contribution in [0.25, 0.3) is 10.9 Å². The Balaban J connectivity index is 1.53. The number of nitrogens with zero attached hydrogens (tertiary/aromatic N) is 1. The molecule has 0 saturated heterocycles. The van der Waals surface area contributed by atoms with E-state index >= 15 is 0 Å². The third-order valence-corrected chi connectivity index (χ3v) is 6.36. The molecule has 0 aliphatic rings. The Kier molecular flexibility index (Phi) is 6.46.